The molecule has 0 radical (unpaired) electrons. The summed E-state index contributed by atoms with van der Waals surface area (Å²) < 4.78 is 22.1. The highest BCUT2D eigenvalue weighted by molar-refractivity contribution is 6.51. The van der Waals surface area contributed by atoms with Crippen LogP contribution in [-0.4, -0.2) is 43.7 Å². The van der Waals surface area contributed by atoms with Gasteiger partial charge in [0.25, 0.3) is 11.7 Å². The predicted octanol–water partition coefficient (Wildman–Crippen LogP) is 6.17. The van der Waals surface area contributed by atoms with Crippen LogP contribution in [-0.2, 0) is 9.59 Å². The number of carbonyl (C=O) groups excluding carboxylic acids is 2. The summed E-state index contributed by atoms with van der Waals surface area (Å²) in [4.78, 5) is 28.4. The van der Waals surface area contributed by atoms with Gasteiger partial charge in [0.15, 0.2) is 0 Å². The van der Waals surface area contributed by atoms with Crippen molar-refractivity contribution in [2.75, 3.05) is 25.7 Å². The third kappa shape index (κ3) is 5.52. The fourth-order valence-corrected chi connectivity index (χ4v) is 4.74. The summed E-state index contributed by atoms with van der Waals surface area (Å²) >= 11 is 6.35. The van der Waals surface area contributed by atoms with Gasteiger partial charge >= 0.3 is 0 Å². The molecule has 3 aromatic carbocycles. The molecule has 0 aromatic heterocycles. The molecule has 4 rings (SSSR count). The molecule has 0 spiro atoms. The number of methoxy groups -OCH3 is 2. The highest BCUT2D eigenvalue weighted by Gasteiger charge is 2.47. The first-order chi connectivity index (χ1) is 18.7. The molecule has 1 aliphatic heterocycles. The van der Waals surface area contributed by atoms with Crippen LogP contribution in [0.3, 0.4) is 0 Å². The maximum absolute atomic E-state index is 13.6. The first-order valence-corrected chi connectivity index (χ1v) is 12.8. The second-order valence-electron chi connectivity index (χ2n) is 9.02. The molecule has 8 nitrogen and oxygen atoms in total. The van der Waals surface area contributed by atoms with Crippen molar-refractivity contribution in [2.45, 2.75) is 32.9 Å². The highest BCUT2D eigenvalue weighted by atomic mass is 35.5. The maximum atomic E-state index is 13.6. The molecule has 9 heteroatoms. The van der Waals surface area contributed by atoms with Crippen LogP contribution in [0.25, 0.3) is 5.76 Å². The van der Waals surface area contributed by atoms with E-state index in [0.717, 1.165) is 0 Å². The van der Waals surface area contributed by atoms with Crippen LogP contribution in [0.5, 0.6) is 23.0 Å². The van der Waals surface area contributed by atoms with E-state index >= 15 is 0 Å². The van der Waals surface area contributed by atoms with Gasteiger partial charge in [0.2, 0.25) is 0 Å². The van der Waals surface area contributed by atoms with E-state index in [1.807, 2.05) is 20.8 Å². The van der Waals surface area contributed by atoms with Gasteiger partial charge in [-0.1, -0.05) is 29.8 Å². The molecule has 0 aliphatic carbocycles. The fraction of sp³-hybridized carbons (Fsp3) is 0.267. The molecule has 1 aliphatic rings. The molecular formula is C30H30ClNO7. The molecule has 3 aromatic rings. The lowest BCUT2D eigenvalue weighted by Gasteiger charge is -2.26. The van der Waals surface area contributed by atoms with E-state index in [4.69, 9.17) is 30.5 Å². The van der Waals surface area contributed by atoms with Gasteiger partial charge in [-0.05, 0) is 56.7 Å². The minimum absolute atomic E-state index is 0.0323. The smallest absolute Gasteiger partial charge is 0.300 e. The summed E-state index contributed by atoms with van der Waals surface area (Å²) in [5.74, 6) is -0.348. The second-order valence-corrected chi connectivity index (χ2v) is 9.43. The van der Waals surface area contributed by atoms with Crippen LogP contribution in [0.2, 0.25) is 5.02 Å². The highest BCUT2D eigenvalue weighted by Crippen LogP contribution is 2.45. The van der Waals surface area contributed by atoms with Crippen LogP contribution >= 0.6 is 11.6 Å². The van der Waals surface area contributed by atoms with Crippen molar-refractivity contribution in [2.24, 2.45) is 0 Å². The number of nitrogens with zero attached hydrogens (tertiary/aromatic N) is 1. The molecule has 1 fully saturated rings. The lowest BCUT2D eigenvalue weighted by Crippen LogP contribution is -2.29. The third-order valence-electron chi connectivity index (χ3n) is 6.15. The Labute approximate surface area is 232 Å². The van der Waals surface area contributed by atoms with Crippen LogP contribution in [0.4, 0.5) is 5.69 Å². The molecule has 0 bridgehead atoms. The van der Waals surface area contributed by atoms with E-state index in [0.29, 0.717) is 35.1 Å². The number of ether oxygens (including phenoxy) is 4. The topological polar surface area (TPSA) is 94.5 Å². The molecular weight excluding hydrogens is 522 g/mol. The zero-order valence-electron chi connectivity index (χ0n) is 22.4. The van der Waals surface area contributed by atoms with E-state index < -0.39 is 23.5 Å². The van der Waals surface area contributed by atoms with Gasteiger partial charge in [0, 0.05) is 17.8 Å². The fourth-order valence-electron chi connectivity index (χ4n) is 4.50. The summed E-state index contributed by atoms with van der Waals surface area (Å²) in [6.45, 7) is 6.12. The molecule has 1 amide bonds. The normalized spacial score (nSPS) is 16.5. The SMILES string of the molecule is CCOc1cccc(N2C(=O)C(=O)/C(=C(/O)c3cc(Cl)c(OC)cc3OC)C2c2ccc(OC(C)C)cc2)c1. The quantitative estimate of drug-likeness (QED) is 0.193. The van der Waals surface area contributed by atoms with Crippen LogP contribution in [0.1, 0.15) is 37.9 Å². The van der Waals surface area contributed by atoms with Gasteiger partial charge in [-0.3, -0.25) is 14.5 Å². The van der Waals surface area contributed by atoms with Crippen LogP contribution in [0, 0.1) is 0 Å². The summed E-state index contributed by atoms with van der Waals surface area (Å²) in [5, 5.41) is 11.8. The number of benzene rings is 3. The average molecular weight is 552 g/mol. The summed E-state index contributed by atoms with van der Waals surface area (Å²) in [6.07, 6.45) is -0.0323. The largest absolute Gasteiger partial charge is 0.507 e. The zero-order chi connectivity index (χ0) is 28.3. The Morgan fingerprint density at radius 3 is 2.28 bits per heavy atom. The lowest BCUT2D eigenvalue weighted by atomic mass is 9.94. The maximum Gasteiger partial charge on any atom is 0.300 e. The van der Waals surface area contributed by atoms with Gasteiger partial charge in [-0.25, -0.2) is 0 Å². The summed E-state index contributed by atoms with van der Waals surface area (Å²) in [5.41, 5.74) is 1.06. The standard InChI is InChI=1S/C30H30ClNO7/c1-6-38-21-9-7-8-19(14-21)32-27(18-10-12-20(13-11-18)39-17(2)3)26(29(34)30(32)35)28(33)22-15-23(31)25(37-5)16-24(22)36-4/h7-17,27,33H,6H2,1-5H3/b28-26+. The van der Waals surface area contributed by atoms with Crippen LogP contribution in [0.15, 0.2) is 66.2 Å². The number of hydrogen-bond acceptors (Lipinski definition) is 7. The van der Waals surface area contributed by atoms with Gasteiger partial charge < -0.3 is 24.1 Å². The molecule has 0 saturated carbocycles. The summed E-state index contributed by atoms with van der Waals surface area (Å²) in [7, 11) is 2.87. The number of Topliss-reactive ketones (excluding diaryl/α,β-unsaturated/α-hetero) is 1. The third-order valence-corrected chi connectivity index (χ3v) is 6.44. The lowest BCUT2D eigenvalue weighted by molar-refractivity contribution is -0.132. The number of ketones is 1. The number of carbonyl (C=O) groups is 2. The van der Waals surface area contributed by atoms with Crippen molar-refractivity contribution in [3.8, 4) is 23.0 Å². The Morgan fingerprint density at radius 2 is 1.67 bits per heavy atom. The number of amides is 1. The molecule has 1 heterocycles. The molecule has 1 N–H and O–H groups in total. The van der Waals surface area contributed by atoms with E-state index in [2.05, 4.69) is 0 Å². The van der Waals surface area contributed by atoms with Gasteiger partial charge in [0.05, 0.1) is 49.1 Å². The molecule has 1 atom stereocenters. The Balaban J connectivity index is 1.94. The van der Waals surface area contributed by atoms with Crippen molar-refractivity contribution in [1.82, 2.24) is 0 Å². The predicted molar refractivity (Wildman–Crippen MR) is 149 cm³/mol. The Kier molecular flexibility index (Phi) is 8.35. The van der Waals surface area contributed by atoms with E-state index in [1.165, 1.54) is 31.3 Å². The molecule has 204 valence electrons. The van der Waals surface area contributed by atoms with Crippen molar-refractivity contribution in [1.29, 1.82) is 0 Å². The minimum Gasteiger partial charge on any atom is -0.507 e. The monoisotopic (exact) mass is 551 g/mol. The first-order valence-electron chi connectivity index (χ1n) is 12.4. The van der Waals surface area contributed by atoms with E-state index in [-0.39, 0.29) is 28.0 Å². The summed E-state index contributed by atoms with van der Waals surface area (Å²) in [6, 6.07) is 15.9. The van der Waals surface area contributed by atoms with Crippen molar-refractivity contribution in [3.63, 3.8) is 0 Å². The van der Waals surface area contributed by atoms with Crippen molar-refractivity contribution in [3.05, 3.63) is 82.4 Å². The minimum atomic E-state index is -0.958. The number of hydrogen-bond donors (Lipinski definition) is 1. The number of anilines is 1. The molecule has 1 saturated heterocycles. The number of rotatable bonds is 9. The van der Waals surface area contributed by atoms with Crippen molar-refractivity contribution < 1.29 is 33.6 Å². The van der Waals surface area contributed by atoms with Crippen LogP contribution < -0.4 is 23.8 Å². The van der Waals surface area contributed by atoms with E-state index in [1.54, 1.807) is 48.5 Å². The Morgan fingerprint density at radius 1 is 0.974 bits per heavy atom. The second kappa shape index (κ2) is 11.7. The van der Waals surface area contributed by atoms with Gasteiger partial charge in [0.1, 0.15) is 28.8 Å². The number of halogens is 1. The van der Waals surface area contributed by atoms with Gasteiger partial charge in [-0.2, -0.15) is 0 Å². The molecule has 39 heavy (non-hydrogen) atoms. The Bertz CT molecular complexity index is 1420. The van der Waals surface area contributed by atoms with Crippen molar-refractivity contribution >= 4 is 34.7 Å². The van der Waals surface area contributed by atoms with E-state index in [9.17, 15) is 14.7 Å². The number of aliphatic hydroxyl groups is 1. The molecule has 1 unspecified atom stereocenters. The Hall–Kier alpha value is -4.17. The first kappa shape index (κ1) is 27.9. The van der Waals surface area contributed by atoms with Gasteiger partial charge in [-0.15, -0.1) is 0 Å². The average Bonchev–Trinajstić information content (AvgIpc) is 3.18. The zero-order valence-corrected chi connectivity index (χ0v) is 23.1. The number of aliphatic hydroxyl groups excluding tert-OH is 1.